The van der Waals surface area contributed by atoms with Crippen LogP contribution in [0.2, 0.25) is 0 Å². The van der Waals surface area contributed by atoms with Crippen molar-refractivity contribution in [3.8, 4) is 0 Å². The Kier molecular flexibility index (Phi) is 4.93. The molecule has 0 aliphatic heterocycles. The smallest absolute Gasteiger partial charge is 0.251 e. The SMILES string of the molecule is CNC(=O)c1ccc(NC(C)Cc2ccccc2F)cc1. The van der Waals surface area contributed by atoms with E-state index in [1.165, 1.54) is 6.07 Å². The molecule has 0 aromatic heterocycles. The van der Waals surface area contributed by atoms with Gasteiger partial charge in [-0.25, -0.2) is 4.39 Å². The van der Waals surface area contributed by atoms with Crippen LogP contribution in [0.1, 0.15) is 22.8 Å². The molecule has 1 amide bonds. The Hall–Kier alpha value is -2.36. The van der Waals surface area contributed by atoms with Crippen molar-refractivity contribution in [3.05, 3.63) is 65.5 Å². The zero-order chi connectivity index (χ0) is 15.2. The van der Waals surface area contributed by atoms with Gasteiger partial charge >= 0.3 is 0 Å². The van der Waals surface area contributed by atoms with Crippen molar-refractivity contribution in [2.75, 3.05) is 12.4 Å². The molecule has 1 unspecified atom stereocenters. The second kappa shape index (κ2) is 6.88. The number of benzene rings is 2. The van der Waals surface area contributed by atoms with Crippen LogP contribution in [0.5, 0.6) is 0 Å². The molecule has 2 aromatic carbocycles. The third-order valence-corrected chi connectivity index (χ3v) is 3.27. The number of nitrogens with one attached hydrogen (secondary N) is 2. The first-order valence-electron chi connectivity index (χ1n) is 6.92. The molecular weight excluding hydrogens is 267 g/mol. The molecule has 0 fully saturated rings. The lowest BCUT2D eigenvalue weighted by molar-refractivity contribution is 0.0963. The first-order valence-corrected chi connectivity index (χ1v) is 6.92. The Morgan fingerprint density at radius 2 is 1.81 bits per heavy atom. The summed E-state index contributed by atoms with van der Waals surface area (Å²) in [6.45, 7) is 2.00. The van der Waals surface area contributed by atoms with Crippen LogP contribution < -0.4 is 10.6 Å². The summed E-state index contributed by atoms with van der Waals surface area (Å²) >= 11 is 0. The van der Waals surface area contributed by atoms with E-state index in [0.29, 0.717) is 17.5 Å². The highest BCUT2D eigenvalue weighted by Gasteiger charge is 2.08. The first kappa shape index (κ1) is 15.0. The molecule has 0 spiro atoms. The van der Waals surface area contributed by atoms with Crippen molar-refractivity contribution in [2.45, 2.75) is 19.4 Å². The molecule has 110 valence electrons. The van der Waals surface area contributed by atoms with Crippen molar-refractivity contribution in [2.24, 2.45) is 0 Å². The minimum absolute atomic E-state index is 0.0905. The Morgan fingerprint density at radius 3 is 2.43 bits per heavy atom. The van der Waals surface area contributed by atoms with Gasteiger partial charge in [0, 0.05) is 24.3 Å². The third-order valence-electron chi connectivity index (χ3n) is 3.27. The Balaban J connectivity index is 1.98. The van der Waals surface area contributed by atoms with E-state index in [-0.39, 0.29) is 17.8 Å². The van der Waals surface area contributed by atoms with Crippen LogP contribution in [0.15, 0.2) is 48.5 Å². The average molecular weight is 286 g/mol. The summed E-state index contributed by atoms with van der Waals surface area (Å²) in [5, 5.41) is 5.88. The van der Waals surface area contributed by atoms with E-state index in [1.807, 2.05) is 25.1 Å². The van der Waals surface area contributed by atoms with Gasteiger partial charge in [0.25, 0.3) is 5.91 Å². The zero-order valence-electron chi connectivity index (χ0n) is 12.2. The Morgan fingerprint density at radius 1 is 1.14 bits per heavy atom. The van der Waals surface area contributed by atoms with Gasteiger partial charge < -0.3 is 10.6 Å². The standard InChI is InChI=1S/C17H19FN2O/c1-12(11-14-5-3-4-6-16(14)18)20-15-9-7-13(8-10-15)17(21)19-2/h3-10,12,20H,11H2,1-2H3,(H,19,21). The zero-order valence-corrected chi connectivity index (χ0v) is 12.2. The van der Waals surface area contributed by atoms with Gasteiger partial charge in [-0.3, -0.25) is 4.79 Å². The van der Waals surface area contributed by atoms with Crippen molar-refractivity contribution in [1.29, 1.82) is 0 Å². The fraction of sp³-hybridized carbons (Fsp3) is 0.235. The minimum atomic E-state index is -0.180. The maximum absolute atomic E-state index is 13.6. The number of halogens is 1. The number of anilines is 1. The van der Waals surface area contributed by atoms with Crippen molar-refractivity contribution < 1.29 is 9.18 Å². The molecule has 0 bridgehead atoms. The van der Waals surface area contributed by atoms with Crippen molar-refractivity contribution in [3.63, 3.8) is 0 Å². The second-order valence-corrected chi connectivity index (χ2v) is 5.00. The minimum Gasteiger partial charge on any atom is -0.382 e. The third kappa shape index (κ3) is 4.05. The molecule has 3 nitrogen and oxygen atoms in total. The molecule has 1 atom stereocenters. The normalized spacial score (nSPS) is 11.8. The van der Waals surface area contributed by atoms with Crippen LogP contribution in [-0.4, -0.2) is 19.0 Å². The average Bonchev–Trinajstić information content (AvgIpc) is 2.49. The molecule has 4 heteroatoms. The number of hydrogen-bond donors (Lipinski definition) is 2. The monoisotopic (exact) mass is 286 g/mol. The van der Waals surface area contributed by atoms with Crippen molar-refractivity contribution >= 4 is 11.6 Å². The molecule has 2 N–H and O–H groups in total. The molecule has 2 rings (SSSR count). The Bertz CT molecular complexity index is 610. The fourth-order valence-corrected chi connectivity index (χ4v) is 2.19. The lowest BCUT2D eigenvalue weighted by atomic mass is 10.1. The Labute approximate surface area is 124 Å². The van der Waals surface area contributed by atoms with E-state index in [9.17, 15) is 9.18 Å². The van der Waals surface area contributed by atoms with Crippen LogP contribution in [0.25, 0.3) is 0 Å². The van der Waals surface area contributed by atoms with E-state index in [1.54, 1.807) is 31.3 Å². The molecule has 0 radical (unpaired) electrons. The van der Waals surface area contributed by atoms with Crippen LogP contribution in [0.3, 0.4) is 0 Å². The van der Waals surface area contributed by atoms with Gasteiger partial charge in [0.05, 0.1) is 0 Å². The number of amides is 1. The van der Waals surface area contributed by atoms with Crippen LogP contribution in [-0.2, 0) is 6.42 Å². The van der Waals surface area contributed by atoms with Gasteiger partial charge in [-0.15, -0.1) is 0 Å². The van der Waals surface area contributed by atoms with E-state index in [4.69, 9.17) is 0 Å². The highest BCUT2D eigenvalue weighted by molar-refractivity contribution is 5.94. The summed E-state index contributed by atoms with van der Waals surface area (Å²) in [5.74, 6) is -0.290. The fourth-order valence-electron chi connectivity index (χ4n) is 2.19. The highest BCUT2D eigenvalue weighted by atomic mass is 19.1. The summed E-state index contributed by atoms with van der Waals surface area (Å²) in [7, 11) is 1.60. The molecule has 2 aromatic rings. The number of hydrogen-bond acceptors (Lipinski definition) is 2. The molecule has 0 aliphatic rings. The molecule has 0 saturated heterocycles. The van der Waals surface area contributed by atoms with Gasteiger partial charge in [0.2, 0.25) is 0 Å². The lowest BCUT2D eigenvalue weighted by Crippen LogP contribution is -2.19. The van der Waals surface area contributed by atoms with Gasteiger partial charge in [-0.2, -0.15) is 0 Å². The maximum atomic E-state index is 13.6. The molecule has 0 aliphatic carbocycles. The lowest BCUT2D eigenvalue weighted by Gasteiger charge is -2.16. The highest BCUT2D eigenvalue weighted by Crippen LogP contribution is 2.14. The summed E-state index contributed by atoms with van der Waals surface area (Å²) in [4.78, 5) is 11.5. The van der Waals surface area contributed by atoms with Gasteiger partial charge in [0.1, 0.15) is 5.82 Å². The number of carbonyl (C=O) groups is 1. The predicted molar refractivity (Wildman–Crippen MR) is 83.0 cm³/mol. The number of rotatable bonds is 5. The van der Waals surface area contributed by atoms with Crippen molar-refractivity contribution in [1.82, 2.24) is 5.32 Å². The van der Waals surface area contributed by atoms with E-state index in [2.05, 4.69) is 10.6 Å². The molecular formula is C17H19FN2O. The summed E-state index contributed by atoms with van der Waals surface area (Å²) in [5.41, 5.74) is 2.22. The molecule has 21 heavy (non-hydrogen) atoms. The molecule has 0 saturated carbocycles. The van der Waals surface area contributed by atoms with Gasteiger partial charge in [-0.05, 0) is 49.2 Å². The van der Waals surface area contributed by atoms with E-state index >= 15 is 0 Å². The number of carbonyl (C=O) groups excluding carboxylic acids is 1. The van der Waals surface area contributed by atoms with Crippen LogP contribution >= 0.6 is 0 Å². The quantitative estimate of drug-likeness (QED) is 0.886. The predicted octanol–water partition coefficient (Wildman–Crippen LogP) is 3.23. The summed E-state index contributed by atoms with van der Waals surface area (Å²) in [6.07, 6.45) is 0.601. The van der Waals surface area contributed by atoms with Crippen LogP contribution in [0.4, 0.5) is 10.1 Å². The summed E-state index contributed by atoms with van der Waals surface area (Å²) < 4.78 is 13.6. The topological polar surface area (TPSA) is 41.1 Å². The largest absolute Gasteiger partial charge is 0.382 e. The van der Waals surface area contributed by atoms with Gasteiger partial charge in [0.15, 0.2) is 0 Å². The first-order chi connectivity index (χ1) is 10.1. The maximum Gasteiger partial charge on any atom is 0.251 e. The second-order valence-electron chi connectivity index (χ2n) is 5.00. The summed E-state index contributed by atoms with van der Waals surface area (Å²) in [6, 6.07) is 14.1. The van der Waals surface area contributed by atoms with E-state index in [0.717, 1.165) is 5.69 Å². The van der Waals surface area contributed by atoms with Crippen LogP contribution in [0, 0.1) is 5.82 Å². The molecule has 0 heterocycles. The van der Waals surface area contributed by atoms with E-state index < -0.39 is 0 Å². The van der Waals surface area contributed by atoms with Gasteiger partial charge in [-0.1, -0.05) is 18.2 Å².